The normalized spacial score (nSPS) is 23.9. The van der Waals surface area contributed by atoms with Crippen molar-refractivity contribution in [3.8, 4) is 0 Å². The Morgan fingerprint density at radius 2 is 1.92 bits per heavy atom. The Morgan fingerprint density at radius 1 is 1.27 bits per heavy atom. The van der Waals surface area contributed by atoms with Gasteiger partial charge in [0.1, 0.15) is 5.72 Å². The summed E-state index contributed by atoms with van der Waals surface area (Å²) in [4.78, 5) is 28.5. The first-order valence-electron chi connectivity index (χ1n) is 9.43. The number of carbonyl (C=O) groups is 2. The Kier molecular flexibility index (Phi) is 5.63. The highest BCUT2D eigenvalue weighted by molar-refractivity contribution is 5.86. The van der Waals surface area contributed by atoms with E-state index in [2.05, 4.69) is 17.0 Å². The number of carboxylic acids is 1. The topological polar surface area (TPSA) is 70.1 Å². The van der Waals surface area contributed by atoms with Crippen molar-refractivity contribution in [2.75, 3.05) is 19.7 Å². The summed E-state index contributed by atoms with van der Waals surface area (Å²) in [5.74, 6) is -1.28. The van der Waals surface area contributed by atoms with E-state index >= 15 is 0 Å². The first-order chi connectivity index (χ1) is 12.5. The first-order valence-corrected chi connectivity index (χ1v) is 9.43. The molecule has 0 aliphatic carbocycles. The summed E-state index contributed by atoms with van der Waals surface area (Å²) in [6.07, 6.45) is 1.98. The molecule has 1 N–H and O–H groups in total. The molecule has 3 rings (SSSR count). The number of carboxylic acid groups (broad SMARTS) is 1. The van der Waals surface area contributed by atoms with Gasteiger partial charge in [0.25, 0.3) is 0 Å². The molecule has 0 radical (unpaired) electrons. The molecule has 2 saturated heterocycles. The van der Waals surface area contributed by atoms with Crippen LogP contribution in [0.4, 0.5) is 0 Å². The van der Waals surface area contributed by atoms with E-state index in [1.807, 2.05) is 32.0 Å². The molecule has 0 bridgehead atoms. The molecule has 2 fully saturated rings. The maximum Gasteiger partial charge on any atom is 0.328 e. The molecule has 1 aromatic rings. The Labute approximate surface area is 154 Å². The number of amides is 1. The zero-order valence-electron chi connectivity index (χ0n) is 15.6. The van der Waals surface area contributed by atoms with Crippen molar-refractivity contribution in [3.05, 3.63) is 35.9 Å². The number of piperidine rings is 1. The molecule has 2 heterocycles. The lowest BCUT2D eigenvalue weighted by molar-refractivity contribution is -0.169. The van der Waals surface area contributed by atoms with Crippen molar-refractivity contribution in [1.29, 1.82) is 0 Å². The largest absolute Gasteiger partial charge is 0.480 e. The molecule has 2 atom stereocenters. The van der Waals surface area contributed by atoms with Gasteiger partial charge in [-0.25, -0.2) is 4.79 Å². The van der Waals surface area contributed by atoms with Crippen LogP contribution in [-0.4, -0.2) is 58.2 Å². The molecule has 1 aromatic carbocycles. The van der Waals surface area contributed by atoms with E-state index in [1.54, 1.807) is 4.90 Å². The summed E-state index contributed by atoms with van der Waals surface area (Å²) >= 11 is 0. The third-order valence-electron chi connectivity index (χ3n) is 5.70. The molecule has 0 aromatic heterocycles. The fourth-order valence-corrected chi connectivity index (χ4v) is 3.90. The average molecular weight is 360 g/mol. The van der Waals surface area contributed by atoms with Gasteiger partial charge in [-0.3, -0.25) is 14.6 Å². The SMILES string of the molecule is CC[C@H](C)C(=O)N1[C@@H](C(=O)O)COC12CCN(Cc1ccccc1)CC2. The van der Waals surface area contributed by atoms with Crippen LogP contribution in [0.3, 0.4) is 0 Å². The van der Waals surface area contributed by atoms with Gasteiger partial charge in [0.2, 0.25) is 5.91 Å². The van der Waals surface area contributed by atoms with Crippen LogP contribution < -0.4 is 0 Å². The first kappa shape index (κ1) is 18.9. The smallest absolute Gasteiger partial charge is 0.328 e. The van der Waals surface area contributed by atoms with Crippen LogP contribution in [0.1, 0.15) is 38.7 Å². The van der Waals surface area contributed by atoms with Crippen LogP contribution in [0.2, 0.25) is 0 Å². The van der Waals surface area contributed by atoms with Crippen molar-refractivity contribution in [3.63, 3.8) is 0 Å². The number of ether oxygens (including phenoxy) is 1. The monoisotopic (exact) mass is 360 g/mol. The highest BCUT2D eigenvalue weighted by Gasteiger charge is 2.54. The molecule has 1 spiro atoms. The number of rotatable bonds is 5. The number of hydrogen-bond donors (Lipinski definition) is 1. The Hall–Kier alpha value is -1.92. The van der Waals surface area contributed by atoms with E-state index in [0.29, 0.717) is 19.3 Å². The van der Waals surface area contributed by atoms with Crippen LogP contribution in [0.15, 0.2) is 30.3 Å². The number of nitrogens with zero attached hydrogens (tertiary/aromatic N) is 2. The molecule has 0 saturated carbocycles. The highest BCUT2D eigenvalue weighted by Crippen LogP contribution is 2.38. The summed E-state index contributed by atoms with van der Waals surface area (Å²) < 4.78 is 5.98. The average Bonchev–Trinajstić information content (AvgIpc) is 3.02. The van der Waals surface area contributed by atoms with Crippen LogP contribution in [0, 0.1) is 5.92 Å². The predicted octanol–water partition coefficient (Wildman–Crippen LogP) is 2.34. The minimum absolute atomic E-state index is 0.0796. The zero-order chi connectivity index (χ0) is 18.7. The maximum atomic E-state index is 12.9. The van der Waals surface area contributed by atoms with E-state index in [9.17, 15) is 14.7 Å². The highest BCUT2D eigenvalue weighted by atomic mass is 16.5. The molecule has 6 heteroatoms. The van der Waals surface area contributed by atoms with Gasteiger partial charge in [-0.1, -0.05) is 44.2 Å². The fraction of sp³-hybridized carbons (Fsp3) is 0.600. The number of aliphatic carboxylic acids is 1. The zero-order valence-corrected chi connectivity index (χ0v) is 15.6. The second-order valence-electron chi connectivity index (χ2n) is 7.39. The van der Waals surface area contributed by atoms with E-state index in [0.717, 1.165) is 19.6 Å². The van der Waals surface area contributed by atoms with Crippen LogP contribution >= 0.6 is 0 Å². The third kappa shape index (κ3) is 3.62. The molecule has 0 unspecified atom stereocenters. The van der Waals surface area contributed by atoms with Gasteiger partial charge in [-0.2, -0.15) is 0 Å². The van der Waals surface area contributed by atoms with Crippen LogP contribution in [-0.2, 0) is 20.9 Å². The fourth-order valence-electron chi connectivity index (χ4n) is 3.90. The Balaban J connectivity index is 1.72. The Morgan fingerprint density at radius 3 is 2.50 bits per heavy atom. The van der Waals surface area contributed by atoms with Gasteiger partial charge in [-0.15, -0.1) is 0 Å². The lowest BCUT2D eigenvalue weighted by Crippen LogP contribution is -2.59. The van der Waals surface area contributed by atoms with Crippen molar-refractivity contribution in [2.24, 2.45) is 5.92 Å². The van der Waals surface area contributed by atoms with E-state index in [1.165, 1.54) is 5.56 Å². The minimum Gasteiger partial charge on any atom is -0.480 e. The molecular formula is C20H28N2O4. The van der Waals surface area contributed by atoms with Crippen molar-refractivity contribution < 1.29 is 19.4 Å². The standard InChI is InChI=1S/C20H28N2O4/c1-3-15(2)18(23)22-17(19(24)25)14-26-20(22)9-11-21(12-10-20)13-16-7-5-4-6-8-16/h4-8,15,17H,3,9-14H2,1-2H3,(H,24,25)/t15-,17+/m0/s1. The molecule has 6 nitrogen and oxygen atoms in total. The third-order valence-corrected chi connectivity index (χ3v) is 5.70. The van der Waals surface area contributed by atoms with Crippen LogP contribution in [0.5, 0.6) is 0 Å². The number of likely N-dealkylation sites (tertiary alicyclic amines) is 1. The molecule has 142 valence electrons. The summed E-state index contributed by atoms with van der Waals surface area (Å²) in [5.41, 5.74) is 0.489. The summed E-state index contributed by atoms with van der Waals surface area (Å²) in [7, 11) is 0. The van der Waals surface area contributed by atoms with E-state index in [-0.39, 0.29) is 18.4 Å². The van der Waals surface area contributed by atoms with E-state index in [4.69, 9.17) is 4.74 Å². The van der Waals surface area contributed by atoms with Gasteiger partial charge >= 0.3 is 5.97 Å². The number of benzene rings is 1. The second kappa shape index (κ2) is 7.76. The van der Waals surface area contributed by atoms with E-state index < -0.39 is 17.7 Å². The van der Waals surface area contributed by atoms with Crippen molar-refractivity contribution in [2.45, 2.75) is 51.4 Å². The van der Waals surface area contributed by atoms with Crippen molar-refractivity contribution >= 4 is 11.9 Å². The molecule has 1 amide bonds. The van der Waals surface area contributed by atoms with Crippen LogP contribution in [0.25, 0.3) is 0 Å². The lowest BCUT2D eigenvalue weighted by atomic mass is 9.95. The number of hydrogen-bond acceptors (Lipinski definition) is 4. The lowest BCUT2D eigenvalue weighted by Gasteiger charge is -2.45. The predicted molar refractivity (Wildman–Crippen MR) is 97.4 cm³/mol. The van der Waals surface area contributed by atoms with Crippen molar-refractivity contribution in [1.82, 2.24) is 9.80 Å². The number of carbonyl (C=O) groups excluding carboxylic acids is 1. The molecular weight excluding hydrogens is 332 g/mol. The van der Waals surface area contributed by atoms with Gasteiger partial charge < -0.3 is 9.84 Å². The molecule has 2 aliphatic heterocycles. The molecule has 26 heavy (non-hydrogen) atoms. The van der Waals surface area contributed by atoms with Gasteiger partial charge in [0.15, 0.2) is 6.04 Å². The summed E-state index contributed by atoms with van der Waals surface area (Å²) in [6.45, 7) is 6.31. The maximum absolute atomic E-state index is 12.9. The van der Waals surface area contributed by atoms with Gasteiger partial charge in [0.05, 0.1) is 6.61 Å². The summed E-state index contributed by atoms with van der Waals surface area (Å²) in [6, 6.07) is 9.41. The minimum atomic E-state index is -0.981. The second-order valence-corrected chi connectivity index (χ2v) is 7.39. The Bertz CT molecular complexity index is 640. The summed E-state index contributed by atoms with van der Waals surface area (Å²) in [5, 5.41) is 9.56. The van der Waals surface area contributed by atoms with Gasteiger partial charge in [0, 0.05) is 38.4 Å². The molecule has 2 aliphatic rings. The van der Waals surface area contributed by atoms with Gasteiger partial charge in [-0.05, 0) is 12.0 Å². The quantitative estimate of drug-likeness (QED) is 0.873.